The van der Waals surface area contributed by atoms with Gasteiger partial charge in [-0.15, -0.1) is 0 Å². The number of hydrogen-bond donors (Lipinski definition) is 1. The summed E-state index contributed by atoms with van der Waals surface area (Å²) in [5.74, 6) is -0.369. The number of carbonyl (C=O) groups is 2. The van der Waals surface area contributed by atoms with Gasteiger partial charge in [-0.3, -0.25) is 19.0 Å². The highest BCUT2D eigenvalue weighted by Gasteiger charge is 2.26. The number of morpholine rings is 1. The van der Waals surface area contributed by atoms with Gasteiger partial charge >= 0.3 is 0 Å². The van der Waals surface area contributed by atoms with Gasteiger partial charge in [0.05, 0.1) is 31.0 Å². The maximum atomic E-state index is 12.9. The molecule has 27 heavy (non-hydrogen) atoms. The lowest BCUT2D eigenvalue weighted by molar-refractivity contribution is 0.0300. The monoisotopic (exact) mass is 365 g/mol. The van der Waals surface area contributed by atoms with Crippen molar-refractivity contribution in [3.8, 4) is 0 Å². The molecule has 3 aromatic heterocycles. The third-order valence-electron chi connectivity index (χ3n) is 4.41. The first kappa shape index (κ1) is 17.2. The predicted octanol–water partition coefficient (Wildman–Crippen LogP) is 1.13. The fourth-order valence-electron chi connectivity index (χ4n) is 3.02. The van der Waals surface area contributed by atoms with Crippen molar-refractivity contribution in [2.45, 2.75) is 6.54 Å². The van der Waals surface area contributed by atoms with Crippen LogP contribution >= 0.6 is 0 Å². The molecule has 1 saturated heterocycles. The lowest BCUT2D eigenvalue weighted by Gasteiger charge is -2.26. The molecule has 8 heteroatoms. The zero-order chi connectivity index (χ0) is 18.6. The average molecular weight is 365 g/mol. The van der Waals surface area contributed by atoms with E-state index in [0.717, 1.165) is 5.69 Å². The summed E-state index contributed by atoms with van der Waals surface area (Å²) in [6.45, 7) is 2.34. The normalized spacial score (nSPS) is 14.3. The minimum atomic E-state index is -0.358. The SMILES string of the molecule is O=C(NCc1ccccn1)c1nc(C(=O)N2CCOCC2)c2ccccn12. The largest absolute Gasteiger partial charge is 0.378 e. The second-order valence-electron chi connectivity index (χ2n) is 6.15. The molecular formula is C19H19N5O3. The minimum Gasteiger partial charge on any atom is -0.378 e. The Morgan fingerprint density at radius 3 is 2.70 bits per heavy atom. The van der Waals surface area contributed by atoms with E-state index in [-0.39, 0.29) is 29.9 Å². The molecule has 4 heterocycles. The number of ether oxygens (including phenoxy) is 1. The van der Waals surface area contributed by atoms with Crippen molar-refractivity contribution >= 4 is 17.3 Å². The van der Waals surface area contributed by atoms with Gasteiger partial charge in [-0.2, -0.15) is 0 Å². The third kappa shape index (κ3) is 3.52. The number of fused-ring (bicyclic) bond motifs is 1. The van der Waals surface area contributed by atoms with E-state index < -0.39 is 0 Å². The molecule has 2 amide bonds. The molecule has 0 atom stereocenters. The van der Waals surface area contributed by atoms with E-state index in [0.29, 0.717) is 31.8 Å². The molecule has 1 aliphatic heterocycles. The van der Waals surface area contributed by atoms with E-state index in [1.54, 1.807) is 33.8 Å². The Morgan fingerprint density at radius 1 is 1.11 bits per heavy atom. The van der Waals surface area contributed by atoms with E-state index in [1.807, 2.05) is 24.3 Å². The molecule has 0 saturated carbocycles. The van der Waals surface area contributed by atoms with Crippen LogP contribution in [0.2, 0.25) is 0 Å². The number of amides is 2. The van der Waals surface area contributed by atoms with Crippen molar-refractivity contribution in [3.63, 3.8) is 0 Å². The molecule has 0 spiro atoms. The van der Waals surface area contributed by atoms with Crippen LogP contribution < -0.4 is 5.32 Å². The maximum Gasteiger partial charge on any atom is 0.288 e. The van der Waals surface area contributed by atoms with Crippen molar-refractivity contribution in [3.05, 3.63) is 66.0 Å². The summed E-state index contributed by atoms with van der Waals surface area (Å²) in [6, 6.07) is 10.9. The number of nitrogens with one attached hydrogen (secondary N) is 1. The summed E-state index contributed by atoms with van der Waals surface area (Å²) >= 11 is 0. The highest BCUT2D eigenvalue weighted by Crippen LogP contribution is 2.16. The van der Waals surface area contributed by atoms with Crippen LogP contribution in [-0.4, -0.2) is 57.4 Å². The van der Waals surface area contributed by atoms with E-state index in [1.165, 1.54) is 0 Å². The van der Waals surface area contributed by atoms with Crippen LogP contribution in [0.15, 0.2) is 48.8 Å². The Labute approximate surface area is 155 Å². The van der Waals surface area contributed by atoms with Gasteiger partial charge in [-0.1, -0.05) is 12.1 Å². The van der Waals surface area contributed by atoms with Gasteiger partial charge in [0, 0.05) is 25.5 Å². The van der Waals surface area contributed by atoms with E-state index in [4.69, 9.17) is 4.74 Å². The summed E-state index contributed by atoms with van der Waals surface area (Å²) in [6.07, 6.45) is 3.40. The van der Waals surface area contributed by atoms with Crippen LogP contribution in [0.5, 0.6) is 0 Å². The quantitative estimate of drug-likeness (QED) is 0.749. The molecule has 3 aromatic rings. The standard InChI is InChI=1S/C19H19N5O3/c25-18(21-13-14-5-1-3-7-20-14)17-22-16(15-6-2-4-8-24(15)17)19(26)23-9-11-27-12-10-23/h1-8H,9-13H2,(H,21,25). The molecule has 0 radical (unpaired) electrons. The molecule has 1 fully saturated rings. The molecular weight excluding hydrogens is 346 g/mol. The predicted molar refractivity (Wildman–Crippen MR) is 97.3 cm³/mol. The summed E-state index contributed by atoms with van der Waals surface area (Å²) in [5.41, 5.74) is 1.63. The van der Waals surface area contributed by atoms with Gasteiger partial charge in [0.25, 0.3) is 11.8 Å². The smallest absolute Gasteiger partial charge is 0.288 e. The van der Waals surface area contributed by atoms with Crippen molar-refractivity contribution in [1.29, 1.82) is 0 Å². The zero-order valence-corrected chi connectivity index (χ0v) is 14.7. The van der Waals surface area contributed by atoms with Gasteiger partial charge in [0.2, 0.25) is 5.82 Å². The Kier molecular flexibility index (Phi) is 4.80. The van der Waals surface area contributed by atoms with Gasteiger partial charge in [0.1, 0.15) is 0 Å². The van der Waals surface area contributed by atoms with Gasteiger partial charge in [0.15, 0.2) is 5.69 Å². The molecule has 138 valence electrons. The first-order valence-corrected chi connectivity index (χ1v) is 8.76. The number of hydrogen-bond acceptors (Lipinski definition) is 5. The van der Waals surface area contributed by atoms with Crippen molar-refractivity contribution in [2.24, 2.45) is 0 Å². The number of nitrogens with zero attached hydrogens (tertiary/aromatic N) is 4. The highest BCUT2D eigenvalue weighted by atomic mass is 16.5. The molecule has 0 unspecified atom stereocenters. The number of rotatable bonds is 4. The van der Waals surface area contributed by atoms with Crippen molar-refractivity contribution in [2.75, 3.05) is 26.3 Å². The van der Waals surface area contributed by atoms with Crippen LogP contribution in [0.25, 0.3) is 5.52 Å². The molecule has 8 nitrogen and oxygen atoms in total. The minimum absolute atomic E-state index is 0.179. The van der Waals surface area contributed by atoms with E-state index in [2.05, 4.69) is 15.3 Å². The van der Waals surface area contributed by atoms with Crippen LogP contribution in [0.1, 0.15) is 26.8 Å². The number of imidazole rings is 1. The van der Waals surface area contributed by atoms with Crippen LogP contribution in [0.3, 0.4) is 0 Å². The lowest BCUT2D eigenvalue weighted by atomic mass is 10.3. The topological polar surface area (TPSA) is 88.8 Å². The summed E-state index contributed by atoms with van der Waals surface area (Å²) < 4.78 is 6.94. The van der Waals surface area contributed by atoms with Crippen LogP contribution in [-0.2, 0) is 11.3 Å². The summed E-state index contributed by atoms with van der Waals surface area (Å²) in [7, 11) is 0. The number of carbonyl (C=O) groups excluding carboxylic acids is 2. The Bertz CT molecular complexity index is 964. The Balaban J connectivity index is 1.61. The molecule has 0 aromatic carbocycles. The fourth-order valence-corrected chi connectivity index (χ4v) is 3.02. The summed E-state index contributed by atoms with van der Waals surface area (Å²) in [5, 5.41) is 2.81. The Morgan fingerprint density at radius 2 is 1.93 bits per heavy atom. The number of aromatic nitrogens is 3. The highest BCUT2D eigenvalue weighted by molar-refractivity contribution is 6.02. The van der Waals surface area contributed by atoms with Gasteiger partial charge in [-0.05, 0) is 24.3 Å². The maximum absolute atomic E-state index is 12.9. The molecule has 0 aliphatic carbocycles. The first-order chi connectivity index (χ1) is 13.2. The first-order valence-electron chi connectivity index (χ1n) is 8.76. The summed E-state index contributed by atoms with van der Waals surface area (Å²) in [4.78, 5) is 35.8. The third-order valence-corrected chi connectivity index (χ3v) is 4.41. The molecule has 0 bridgehead atoms. The van der Waals surface area contributed by atoms with Gasteiger partial charge < -0.3 is 15.0 Å². The average Bonchev–Trinajstić information content (AvgIpc) is 3.13. The van der Waals surface area contributed by atoms with E-state index in [9.17, 15) is 9.59 Å². The second kappa shape index (κ2) is 7.55. The van der Waals surface area contributed by atoms with Crippen LogP contribution in [0.4, 0.5) is 0 Å². The number of pyridine rings is 2. The second-order valence-corrected chi connectivity index (χ2v) is 6.15. The van der Waals surface area contributed by atoms with Crippen molar-refractivity contribution < 1.29 is 14.3 Å². The molecule has 1 N–H and O–H groups in total. The van der Waals surface area contributed by atoms with Gasteiger partial charge in [-0.25, -0.2) is 4.98 Å². The van der Waals surface area contributed by atoms with Crippen molar-refractivity contribution in [1.82, 2.24) is 24.6 Å². The van der Waals surface area contributed by atoms with Crippen LogP contribution in [0, 0.1) is 0 Å². The molecule has 1 aliphatic rings. The van der Waals surface area contributed by atoms with E-state index >= 15 is 0 Å². The molecule has 4 rings (SSSR count). The lowest BCUT2D eigenvalue weighted by Crippen LogP contribution is -2.41. The Hall–Kier alpha value is -3.26. The fraction of sp³-hybridized carbons (Fsp3) is 0.263. The zero-order valence-electron chi connectivity index (χ0n) is 14.7.